The molecule has 0 atom stereocenters. The van der Waals surface area contributed by atoms with Crippen LogP contribution in [0, 0.1) is 11.8 Å². The molecule has 0 amide bonds. The Morgan fingerprint density at radius 3 is 2.00 bits per heavy atom. The fraction of sp³-hybridized carbons (Fsp3) is 0.167. The van der Waals surface area contributed by atoms with Gasteiger partial charge in [-0.3, -0.25) is 0 Å². The van der Waals surface area contributed by atoms with Crippen LogP contribution >= 0.6 is 31.9 Å². The van der Waals surface area contributed by atoms with Gasteiger partial charge in [-0.2, -0.15) is 0 Å². The Morgan fingerprint density at radius 1 is 0.643 bits per heavy atom. The SMILES string of the molecule is NCCc1cc(Br)cc(C#Cc2cccc(-c3cc(Br)cc(CCN)c3)c2)c1. The number of halogens is 2. The number of hydrogen-bond acceptors (Lipinski definition) is 2. The lowest BCUT2D eigenvalue weighted by Gasteiger charge is -2.07. The molecule has 0 fully saturated rings. The molecule has 0 heterocycles. The molecule has 28 heavy (non-hydrogen) atoms. The van der Waals surface area contributed by atoms with Gasteiger partial charge in [0.2, 0.25) is 0 Å². The maximum absolute atomic E-state index is 5.71. The third kappa shape index (κ3) is 5.80. The van der Waals surface area contributed by atoms with E-state index in [9.17, 15) is 0 Å². The second kappa shape index (κ2) is 10.0. The van der Waals surface area contributed by atoms with E-state index in [0.29, 0.717) is 13.1 Å². The lowest BCUT2D eigenvalue weighted by molar-refractivity contribution is 0.967. The second-order valence-electron chi connectivity index (χ2n) is 6.60. The minimum absolute atomic E-state index is 0.629. The molecule has 0 aliphatic heterocycles. The summed E-state index contributed by atoms with van der Waals surface area (Å²) >= 11 is 7.16. The zero-order valence-electron chi connectivity index (χ0n) is 15.5. The van der Waals surface area contributed by atoms with Crippen LogP contribution in [0.15, 0.2) is 69.6 Å². The highest BCUT2D eigenvalue weighted by Crippen LogP contribution is 2.26. The molecular formula is C24H22Br2N2. The van der Waals surface area contributed by atoms with Gasteiger partial charge in [-0.25, -0.2) is 0 Å². The van der Waals surface area contributed by atoms with Gasteiger partial charge < -0.3 is 11.5 Å². The van der Waals surface area contributed by atoms with Gasteiger partial charge in [0, 0.05) is 20.1 Å². The van der Waals surface area contributed by atoms with Gasteiger partial charge in [0.15, 0.2) is 0 Å². The van der Waals surface area contributed by atoms with Crippen molar-refractivity contribution in [3.05, 3.63) is 91.9 Å². The topological polar surface area (TPSA) is 52.0 Å². The Bertz CT molecular complexity index is 1030. The predicted molar refractivity (Wildman–Crippen MR) is 125 cm³/mol. The molecule has 3 aromatic rings. The summed E-state index contributed by atoms with van der Waals surface area (Å²) in [5.41, 5.74) is 18.1. The molecule has 0 aliphatic carbocycles. The van der Waals surface area contributed by atoms with Crippen LogP contribution in [0.4, 0.5) is 0 Å². The predicted octanol–water partition coefficient (Wildman–Crippen LogP) is 5.28. The van der Waals surface area contributed by atoms with Crippen LogP contribution in [-0.2, 0) is 12.8 Å². The number of hydrogen-bond donors (Lipinski definition) is 2. The first kappa shape index (κ1) is 20.8. The summed E-state index contributed by atoms with van der Waals surface area (Å²) in [4.78, 5) is 0. The summed E-state index contributed by atoms with van der Waals surface area (Å²) in [6.07, 6.45) is 1.71. The van der Waals surface area contributed by atoms with E-state index in [1.165, 1.54) is 11.1 Å². The molecule has 0 aromatic heterocycles. The average molecular weight is 498 g/mol. The van der Waals surface area contributed by atoms with E-state index in [1.807, 2.05) is 18.2 Å². The van der Waals surface area contributed by atoms with Crippen molar-refractivity contribution in [1.82, 2.24) is 0 Å². The monoisotopic (exact) mass is 496 g/mol. The van der Waals surface area contributed by atoms with Gasteiger partial charge in [0.25, 0.3) is 0 Å². The molecule has 0 unspecified atom stereocenters. The van der Waals surface area contributed by atoms with Crippen LogP contribution in [0.2, 0.25) is 0 Å². The van der Waals surface area contributed by atoms with Crippen molar-refractivity contribution < 1.29 is 0 Å². The molecule has 0 radical (unpaired) electrons. The van der Waals surface area contributed by atoms with Crippen LogP contribution in [-0.4, -0.2) is 13.1 Å². The summed E-state index contributed by atoms with van der Waals surface area (Å²) in [7, 11) is 0. The van der Waals surface area contributed by atoms with E-state index >= 15 is 0 Å². The Balaban J connectivity index is 1.91. The molecule has 0 spiro atoms. The van der Waals surface area contributed by atoms with Crippen molar-refractivity contribution in [2.45, 2.75) is 12.8 Å². The van der Waals surface area contributed by atoms with Crippen molar-refractivity contribution in [2.24, 2.45) is 11.5 Å². The Labute approximate surface area is 183 Å². The van der Waals surface area contributed by atoms with Gasteiger partial charge >= 0.3 is 0 Å². The Morgan fingerprint density at radius 2 is 1.29 bits per heavy atom. The third-order valence-electron chi connectivity index (χ3n) is 4.33. The highest BCUT2D eigenvalue weighted by molar-refractivity contribution is 9.10. The minimum Gasteiger partial charge on any atom is -0.330 e. The van der Waals surface area contributed by atoms with Crippen molar-refractivity contribution in [3.63, 3.8) is 0 Å². The number of rotatable bonds is 5. The maximum atomic E-state index is 5.71. The van der Waals surface area contributed by atoms with Crippen LogP contribution in [0.3, 0.4) is 0 Å². The molecule has 3 rings (SSSR count). The first-order valence-corrected chi connectivity index (χ1v) is 10.8. The summed E-state index contributed by atoms with van der Waals surface area (Å²) in [5, 5.41) is 0. The Hall–Kier alpha value is -1.90. The van der Waals surface area contributed by atoms with E-state index in [2.05, 4.69) is 86.2 Å². The third-order valence-corrected chi connectivity index (χ3v) is 5.24. The quantitative estimate of drug-likeness (QED) is 0.471. The van der Waals surface area contributed by atoms with Crippen molar-refractivity contribution in [3.8, 4) is 23.0 Å². The van der Waals surface area contributed by atoms with Gasteiger partial charge in [-0.15, -0.1) is 0 Å². The van der Waals surface area contributed by atoms with E-state index in [1.54, 1.807) is 0 Å². The maximum Gasteiger partial charge on any atom is 0.0263 e. The molecule has 4 heteroatoms. The van der Waals surface area contributed by atoms with Crippen molar-refractivity contribution in [2.75, 3.05) is 13.1 Å². The van der Waals surface area contributed by atoms with Gasteiger partial charge in [0.05, 0.1) is 0 Å². The second-order valence-corrected chi connectivity index (χ2v) is 8.44. The fourth-order valence-electron chi connectivity index (χ4n) is 3.08. The minimum atomic E-state index is 0.629. The van der Waals surface area contributed by atoms with Crippen LogP contribution in [0.25, 0.3) is 11.1 Å². The molecular weight excluding hydrogens is 476 g/mol. The van der Waals surface area contributed by atoms with Crippen LogP contribution in [0.1, 0.15) is 22.3 Å². The fourth-order valence-corrected chi connectivity index (χ4v) is 4.16. The van der Waals surface area contributed by atoms with E-state index in [0.717, 1.165) is 44.0 Å². The van der Waals surface area contributed by atoms with E-state index < -0.39 is 0 Å². The highest BCUT2D eigenvalue weighted by atomic mass is 79.9. The molecule has 0 saturated heterocycles. The molecule has 3 aromatic carbocycles. The van der Waals surface area contributed by atoms with Gasteiger partial charge in [-0.1, -0.05) is 61.9 Å². The van der Waals surface area contributed by atoms with Crippen LogP contribution < -0.4 is 11.5 Å². The smallest absolute Gasteiger partial charge is 0.0263 e. The first-order chi connectivity index (χ1) is 13.6. The lowest BCUT2D eigenvalue weighted by Crippen LogP contribution is -2.02. The molecule has 0 saturated carbocycles. The molecule has 4 N–H and O–H groups in total. The standard InChI is InChI=1S/C24H22Br2N2/c25-23-13-18(10-19(14-23)6-8-27)5-4-17-2-1-3-21(11-17)22-12-20(7-9-28)15-24(26)16-22/h1-3,10-16H,6-9,27-28H2. The number of benzene rings is 3. The van der Waals surface area contributed by atoms with Gasteiger partial charge in [-0.05, 0) is 90.6 Å². The Kier molecular flexibility index (Phi) is 7.47. The summed E-state index contributed by atoms with van der Waals surface area (Å²) in [5.74, 6) is 6.56. The largest absolute Gasteiger partial charge is 0.330 e. The molecule has 142 valence electrons. The van der Waals surface area contributed by atoms with Crippen LogP contribution in [0.5, 0.6) is 0 Å². The summed E-state index contributed by atoms with van der Waals surface area (Å²) in [6.45, 7) is 1.27. The van der Waals surface area contributed by atoms with E-state index in [4.69, 9.17) is 11.5 Å². The normalized spacial score (nSPS) is 10.4. The first-order valence-electron chi connectivity index (χ1n) is 9.19. The molecule has 2 nitrogen and oxygen atoms in total. The van der Waals surface area contributed by atoms with E-state index in [-0.39, 0.29) is 0 Å². The summed E-state index contributed by atoms with van der Waals surface area (Å²) in [6, 6.07) is 21.0. The summed E-state index contributed by atoms with van der Waals surface area (Å²) < 4.78 is 2.09. The number of nitrogens with two attached hydrogens (primary N) is 2. The van der Waals surface area contributed by atoms with Crippen molar-refractivity contribution >= 4 is 31.9 Å². The zero-order chi connectivity index (χ0) is 19.9. The van der Waals surface area contributed by atoms with Crippen molar-refractivity contribution in [1.29, 1.82) is 0 Å². The highest BCUT2D eigenvalue weighted by Gasteiger charge is 2.03. The van der Waals surface area contributed by atoms with Gasteiger partial charge in [0.1, 0.15) is 0 Å². The average Bonchev–Trinajstić information content (AvgIpc) is 2.66. The zero-order valence-corrected chi connectivity index (χ0v) is 18.7. The molecule has 0 bridgehead atoms. The lowest BCUT2D eigenvalue weighted by atomic mass is 10.00. The molecule has 0 aliphatic rings.